The average molecular weight is 1410 g/mol. The summed E-state index contributed by atoms with van der Waals surface area (Å²) in [4.78, 5) is 190. The number of amides is 12. The summed E-state index contributed by atoms with van der Waals surface area (Å²) in [7, 11) is 8.31. The van der Waals surface area contributed by atoms with Gasteiger partial charge in [-0.1, -0.05) is 79.1 Å². The van der Waals surface area contributed by atoms with E-state index in [9.17, 15) is 56.6 Å². The number of nitrogens with zero attached hydrogens (tertiary/aromatic N) is 9. The molecule has 7 rings (SSSR count). The highest BCUT2D eigenvalue weighted by Crippen LogP contribution is 2.44. The summed E-state index contributed by atoms with van der Waals surface area (Å²) in [5.41, 5.74) is -1.58. The summed E-state index contributed by atoms with van der Waals surface area (Å²) < 4.78 is 42.0. The van der Waals surface area contributed by atoms with Crippen molar-refractivity contribution < 1.29 is 75.8 Å². The summed E-state index contributed by atoms with van der Waals surface area (Å²) >= 11 is 6.39. The molecule has 25 nitrogen and oxygen atoms in total. The van der Waals surface area contributed by atoms with Crippen molar-refractivity contribution in [3.05, 3.63) is 0 Å². The molecule has 0 aromatic carbocycles. The number of fused-ring (bicyclic) bond motifs is 2. The monoisotopic (exact) mass is 1410 g/mol. The van der Waals surface area contributed by atoms with E-state index in [1.807, 2.05) is 0 Å². The van der Waals surface area contributed by atoms with Gasteiger partial charge in [-0.2, -0.15) is 13.2 Å². The molecule has 0 radical (unpaired) electrons. The Kier molecular flexibility index (Phi) is 27.7. The van der Waals surface area contributed by atoms with Crippen LogP contribution in [0.25, 0.3) is 0 Å². The Morgan fingerprint density at radius 3 is 1.84 bits per heavy atom. The van der Waals surface area contributed by atoms with Gasteiger partial charge in [-0.05, 0) is 120 Å². The van der Waals surface area contributed by atoms with Gasteiger partial charge in [0.1, 0.15) is 59.9 Å². The molecule has 3 aliphatic carbocycles. The second kappa shape index (κ2) is 34.4. The van der Waals surface area contributed by atoms with Crippen LogP contribution in [0.1, 0.15) is 182 Å². The number of hydrogen-bond donors (Lipinski definition) is 4. The minimum atomic E-state index is -4.51. The summed E-state index contributed by atoms with van der Waals surface area (Å²) in [5.74, 6) is -11.4. The van der Waals surface area contributed by atoms with E-state index in [-0.39, 0.29) is 89.1 Å². The number of likely N-dealkylation sites (tertiary alicyclic amines) is 1. The van der Waals surface area contributed by atoms with Gasteiger partial charge < -0.3 is 65.2 Å². The highest BCUT2D eigenvalue weighted by molar-refractivity contribution is 6.21. The Hall–Kier alpha value is -6.32. The zero-order valence-corrected chi connectivity index (χ0v) is 60.3. The molecule has 3 unspecified atom stereocenters. The molecule has 4 N–H and O–H groups in total. The quantitative estimate of drug-likeness (QED) is 0.225. The SMILES string of the molecule is CC[C@H](C)[C@@H]1NC(=O)[C@H](CO)N(C)C(=O)C[C@@H](C(=O)N2CCCCC2)N(C)C(=O)[C@H](C(C)C)N(C)C(=O)C2(CCCC2)NC(=O)[C@@H]2CCCN2C(=O)[C@H](CCC2CCC(C(F)(F)F)C(Cl)C2)NC(=O)CN(C)C(=O)[C@H](CC2CCCCC2)N(C)C(=O)[C@@H]2CCN2C(=O)[C@H](C)N(C)C1=O. The van der Waals surface area contributed by atoms with Crippen molar-refractivity contribution in [2.75, 3.05) is 81.6 Å². The van der Waals surface area contributed by atoms with Crippen LogP contribution in [0.4, 0.5) is 13.2 Å². The molecule has 7 fully saturated rings. The minimum Gasteiger partial charge on any atom is -0.394 e. The number of alkyl halides is 4. The van der Waals surface area contributed by atoms with Crippen molar-refractivity contribution in [2.24, 2.45) is 29.6 Å². The van der Waals surface area contributed by atoms with Gasteiger partial charge in [-0.25, -0.2) is 0 Å². The topological polar surface area (TPSA) is 290 Å². The van der Waals surface area contributed by atoms with E-state index in [1.165, 1.54) is 73.7 Å². The summed E-state index contributed by atoms with van der Waals surface area (Å²) in [5, 5.41) is 18.2. The summed E-state index contributed by atoms with van der Waals surface area (Å²) in [6, 6.07) is -11.6. The first-order chi connectivity index (χ1) is 46.2. The Balaban J connectivity index is 1.26. The first-order valence-electron chi connectivity index (χ1n) is 35.9. The van der Waals surface area contributed by atoms with E-state index in [4.69, 9.17) is 11.6 Å². The molecule has 29 heteroatoms. The molecule has 13 atom stereocenters. The van der Waals surface area contributed by atoms with Crippen molar-refractivity contribution in [1.82, 2.24) is 60.0 Å². The number of rotatable bonds is 10. The zero-order valence-electron chi connectivity index (χ0n) is 59.5. The molecule has 3 saturated carbocycles. The van der Waals surface area contributed by atoms with Crippen molar-refractivity contribution in [2.45, 2.75) is 254 Å². The molecule has 0 aromatic rings. The van der Waals surface area contributed by atoms with Gasteiger partial charge in [0.25, 0.3) is 0 Å². The third-order valence-electron chi connectivity index (χ3n) is 22.7. The number of carbonyl (C=O) groups is 12. The maximum absolute atomic E-state index is 15.4. The van der Waals surface area contributed by atoms with E-state index in [0.29, 0.717) is 51.6 Å². The Morgan fingerprint density at radius 2 is 1.26 bits per heavy atom. The van der Waals surface area contributed by atoms with Crippen LogP contribution in [0.2, 0.25) is 0 Å². The highest BCUT2D eigenvalue weighted by atomic mass is 35.5. The predicted octanol–water partition coefficient (Wildman–Crippen LogP) is 4.04. The molecular formula is C69H110ClF3N12O13. The zero-order chi connectivity index (χ0) is 72.4. The van der Waals surface area contributed by atoms with Gasteiger partial charge in [0.2, 0.25) is 70.9 Å². The molecule has 7 aliphatic rings. The molecule has 4 aliphatic heterocycles. The molecule has 0 bridgehead atoms. The Morgan fingerprint density at radius 1 is 0.622 bits per heavy atom. The van der Waals surface area contributed by atoms with Crippen LogP contribution in [0.15, 0.2) is 0 Å². The second-order valence-corrected chi connectivity index (χ2v) is 30.2. The van der Waals surface area contributed by atoms with E-state index in [0.717, 1.165) is 53.2 Å². The van der Waals surface area contributed by atoms with Gasteiger partial charge in [0.05, 0.1) is 25.5 Å². The van der Waals surface area contributed by atoms with Crippen LogP contribution >= 0.6 is 11.6 Å². The van der Waals surface area contributed by atoms with Gasteiger partial charge >= 0.3 is 6.18 Å². The average Bonchev–Trinajstić information content (AvgIpc) is 1.22. The molecule has 4 saturated heterocycles. The summed E-state index contributed by atoms with van der Waals surface area (Å²) in [6.45, 7) is 7.73. The minimum absolute atomic E-state index is 0.00604. The maximum Gasteiger partial charge on any atom is 0.393 e. The van der Waals surface area contributed by atoms with Gasteiger partial charge in [-0.3, -0.25) is 57.5 Å². The second-order valence-electron chi connectivity index (χ2n) is 29.6. The standard InChI is InChI=1S/C69H110ClF3N12O13/c1-12-42(4)56-65(96)78(7)43(5)60(91)85-35-29-50(85)63(94)80(9)51(37-44-22-15-13-16-23-44)62(93)77(6)39-54(87)74-48(28-26-45-25-27-46(47(70)36-45)69(71,72)73)61(92)84-34-21-24-49(84)59(90)76-68(30-17-18-31-68)67(98)82(11)57(41(2)3)66(97)81(10)52(64(95)83-32-19-14-20-33-83)38-55(88)79(8)53(40-86)58(89)75-56/h41-53,56-57,86H,12-40H2,1-11H3,(H,74,87)(H,75,89)(H,76,90)/t42-,43-,45?,46?,47?,48-,49-,50-,51-,52-,53-,56-,57-/m0/s1. The lowest BCUT2D eigenvalue weighted by atomic mass is 9.78. The molecular weight excluding hydrogens is 1300 g/mol. The largest absolute Gasteiger partial charge is 0.394 e. The molecule has 0 aromatic heterocycles. The lowest BCUT2D eigenvalue weighted by Crippen LogP contribution is -2.65. The van der Waals surface area contributed by atoms with Crippen LogP contribution in [0, 0.1) is 29.6 Å². The van der Waals surface area contributed by atoms with Crippen molar-refractivity contribution >= 4 is 82.5 Å². The van der Waals surface area contributed by atoms with Crippen molar-refractivity contribution in [3.63, 3.8) is 0 Å². The van der Waals surface area contributed by atoms with E-state index < -0.39 is 180 Å². The summed E-state index contributed by atoms with van der Waals surface area (Å²) in [6.07, 6.45) is 3.96. The number of hydrogen-bond acceptors (Lipinski definition) is 13. The number of aliphatic hydroxyl groups is 1. The predicted molar refractivity (Wildman–Crippen MR) is 358 cm³/mol. The number of likely N-dealkylation sites (N-methyl/N-ethyl adjacent to an activating group) is 6. The van der Waals surface area contributed by atoms with E-state index in [1.54, 1.807) is 32.6 Å². The van der Waals surface area contributed by atoms with Crippen molar-refractivity contribution in [3.8, 4) is 0 Å². The van der Waals surface area contributed by atoms with E-state index in [2.05, 4.69) is 16.0 Å². The molecule has 4 heterocycles. The van der Waals surface area contributed by atoms with Gasteiger partial charge in [-0.15, -0.1) is 11.6 Å². The molecule has 1 spiro atoms. The lowest BCUT2D eigenvalue weighted by molar-refractivity contribution is -0.182. The number of carbonyl (C=O) groups excluding carboxylic acids is 12. The first-order valence-corrected chi connectivity index (χ1v) is 36.3. The lowest BCUT2D eigenvalue weighted by Gasteiger charge is -2.45. The van der Waals surface area contributed by atoms with Crippen LogP contribution in [0.3, 0.4) is 0 Å². The smallest absolute Gasteiger partial charge is 0.393 e. The van der Waals surface area contributed by atoms with Crippen molar-refractivity contribution in [1.29, 1.82) is 0 Å². The van der Waals surface area contributed by atoms with E-state index >= 15 is 19.2 Å². The molecule has 12 amide bonds. The maximum atomic E-state index is 15.4. The Labute approximate surface area is 581 Å². The fourth-order valence-corrected chi connectivity index (χ4v) is 16.5. The first kappa shape index (κ1) is 79.0. The van der Waals surface area contributed by atoms with Crippen LogP contribution in [-0.4, -0.2) is 273 Å². The third-order valence-corrected chi connectivity index (χ3v) is 23.2. The molecule has 552 valence electrons. The number of piperidine rings is 1. The number of halogens is 4. The highest BCUT2D eigenvalue weighted by Gasteiger charge is 2.52. The Bertz CT molecular complexity index is 2890. The fourth-order valence-electron chi connectivity index (χ4n) is 16.0. The van der Waals surface area contributed by atoms with Crippen LogP contribution in [-0.2, 0) is 57.5 Å². The van der Waals surface area contributed by atoms with Gasteiger partial charge in [0, 0.05) is 73.8 Å². The molecule has 98 heavy (non-hydrogen) atoms. The normalized spacial score (nSPS) is 31.3. The fraction of sp³-hybridized carbons (Fsp3) is 0.826. The number of aliphatic hydroxyl groups excluding tert-OH is 1. The van der Waals surface area contributed by atoms with Crippen LogP contribution in [0.5, 0.6) is 0 Å². The third kappa shape index (κ3) is 18.2. The number of nitrogens with one attached hydrogen (secondary N) is 3. The van der Waals surface area contributed by atoms with Crippen LogP contribution < -0.4 is 16.0 Å². The van der Waals surface area contributed by atoms with Gasteiger partial charge in [0.15, 0.2) is 0 Å².